The van der Waals surface area contributed by atoms with Crippen LogP contribution < -0.4 is 0 Å². The Hall–Kier alpha value is -2.59. The lowest BCUT2D eigenvalue weighted by Crippen LogP contribution is -2.40. The van der Waals surface area contributed by atoms with Crippen molar-refractivity contribution in [1.29, 1.82) is 0 Å². The van der Waals surface area contributed by atoms with Crippen LogP contribution in [0.3, 0.4) is 0 Å². The molecule has 1 unspecified atom stereocenters. The minimum atomic E-state index is -5.00. The third-order valence-electron chi connectivity index (χ3n) is 5.53. The van der Waals surface area contributed by atoms with Gasteiger partial charge in [-0.1, -0.05) is 5.16 Å². The zero-order valence-corrected chi connectivity index (χ0v) is 16.3. The van der Waals surface area contributed by atoms with Crippen LogP contribution in [0.4, 0.5) is 26.3 Å². The van der Waals surface area contributed by atoms with E-state index in [-0.39, 0.29) is 25.1 Å². The molecule has 2 aliphatic rings. The van der Waals surface area contributed by atoms with Crippen molar-refractivity contribution in [1.82, 2.24) is 15.0 Å². The SMILES string of the molecule is O=C(c1cc(C(F)(F)F)cc(C(F)(F)F)c1)N1CCCC(Cc2nc(C3CC3)no2)C1. The summed E-state index contributed by atoms with van der Waals surface area (Å²) in [4.78, 5) is 18.4. The number of aromatic nitrogens is 2. The molecule has 31 heavy (non-hydrogen) atoms. The zero-order valence-electron chi connectivity index (χ0n) is 16.3. The first-order valence-corrected chi connectivity index (χ1v) is 9.92. The number of alkyl halides is 6. The molecule has 0 N–H and O–H groups in total. The second-order valence-electron chi connectivity index (χ2n) is 8.08. The fraction of sp³-hybridized carbons (Fsp3) is 0.550. The smallest absolute Gasteiger partial charge is 0.339 e. The molecule has 0 spiro atoms. The predicted molar refractivity (Wildman–Crippen MR) is 95.1 cm³/mol. The van der Waals surface area contributed by atoms with Gasteiger partial charge in [0, 0.05) is 31.0 Å². The van der Waals surface area contributed by atoms with Gasteiger partial charge in [-0.15, -0.1) is 0 Å². The number of likely N-dealkylation sites (tertiary alicyclic amines) is 1. The molecule has 168 valence electrons. The highest BCUT2D eigenvalue weighted by molar-refractivity contribution is 5.94. The molecule has 1 aliphatic carbocycles. The summed E-state index contributed by atoms with van der Waals surface area (Å²) in [6.07, 6.45) is -6.26. The first-order valence-electron chi connectivity index (χ1n) is 9.92. The number of nitrogens with zero attached hydrogens (tertiary/aromatic N) is 3. The summed E-state index contributed by atoms with van der Waals surface area (Å²) >= 11 is 0. The molecule has 0 bridgehead atoms. The summed E-state index contributed by atoms with van der Waals surface area (Å²) in [6, 6.07) is 0.963. The third kappa shape index (κ3) is 5.01. The highest BCUT2D eigenvalue weighted by Crippen LogP contribution is 2.39. The summed E-state index contributed by atoms with van der Waals surface area (Å²) in [5, 5.41) is 3.93. The van der Waals surface area contributed by atoms with Gasteiger partial charge < -0.3 is 9.42 Å². The second kappa shape index (κ2) is 7.83. The van der Waals surface area contributed by atoms with Crippen LogP contribution in [0, 0.1) is 5.92 Å². The molecule has 0 radical (unpaired) electrons. The maximum absolute atomic E-state index is 13.1. The zero-order chi connectivity index (χ0) is 22.4. The lowest BCUT2D eigenvalue weighted by Gasteiger charge is -2.32. The van der Waals surface area contributed by atoms with Crippen LogP contribution in [0.5, 0.6) is 0 Å². The summed E-state index contributed by atoms with van der Waals surface area (Å²) in [5.41, 5.74) is -3.63. The largest absolute Gasteiger partial charge is 0.416 e. The fourth-order valence-electron chi connectivity index (χ4n) is 3.78. The highest BCUT2D eigenvalue weighted by Gasteiger charge is 2.38. The van der Waals surface area contributed by atoms with Crippen molar-refractivity contribution in [2.45, 2.75) is 50.4 Å². The number of carbonyl (C=O) groups excluding carboxylic acids is 1. The van der Waals surface area contributed by atoms with Crippen molar-refractivity contribution in [2.75, 3.05) is 13.1 Å². The van der Waals surface area contributed by atoms with Crippen molar-refractivity contribution < 1.29 is 35.7 Å². The van der Waals surface area contributed by atoms with Crippen molar-refractivity contribution >= 4 is 5.91 Å². The highest BCUT2D eigenvalue weighted by atomic mass is 19.4. The van der Waals surface area contributed by atoms with E-state index >= 15 is 0 Å². The van der Waals surface area contributed by atoms with Gasteiger partial charge in [-0.2, -0.15) is 31.3 Å². The van der Waals surface area contributed by atoms with Crippen LogP contribution in [0.15, 0.2) is 22.7 Å². The minimum absolute atomic E-state index is 0.0167. The molecule has 4 rings (SSSR count). The molecule has 1 amide bonds. The maximum Gasteiger partial charge on any atom is 0.416 e. The topological polar surface area (TPSA) is 59.2 Å². The molecule has 11 heteroatoms. The van der Waals surface area contributed by atoms with Crippen molar-refractivity contribution in [3.63, 3.8) is 0 Å². The molecular weight excluding hydrogens is 428 g/mol. The van der Waals surface area contributed by atoms with Crippen LogP contribution in [-0.4, -0.2) is 34.0 Å². The first kappa shape index (κ1) is 21.6. The van der Waals surface area contributed by atoms with E-state index in [1.165, 1.54) is 4.90 Å². The molecular formula is C20H19F6N3O2. The number of hydrogen-bond acceptors (Lipinski definition) is 4. The van der Waals surface area contributed by atoms with Crippen LogP contribution >= 0.6 is 0 Å². The number of carbonyl (C=O) groups is 1. The molecule has 2 fully saturated rings. The van der Waals surface area contributed by atoms with Gasteiger partial charge in [0.25, 0.3) is 5.91 Å². The Kier molecular flexibility index (Phi) is 5.47. The molecule has 5 nitrogen and oxygen atoms in total. The Morgan fingerprint density at radius 2 is 1.68 bits per heavy atom. The summed E-state index contributed by atoms with van der Waals surface area (Å²) < 4.78 is 83.8. The van der Waals surface area contributed by atoms with Crippen molar-refractivity contribution in [3.05, 3.63) is 46.6 Å². The molecule has 1 saturated carbocycles. The van der Waals surface area contributed by atoms with E-state index in [0.29, 0.717) is 42.6 Å². The monoisotopic (exact) mass is 447 g/mol. The summed E-state index contributed by atoms with van der Waals surface area (Å²) in [5.74, 6) is 0.483. The van der Waals surface area contributed by atoms with E-state index in [9.17, 15) is 31.1 Å². The van der Waals surface area contributed by atoms with Crippen LogP contribution in [0.25, 0.3) is 0 Å². The average molecular weight is 447 g/mol. The van der Waals surface area contributed by atoms with E-state index < -0.39 is 35.0 Å². The third-order valence-corrected chi connectivity index (χ3v) is 5.53. The fourth-order valence-corrected chi connectivity index (χ4v) is 3.78. The quantitative estimate of drug-likeness (QED) is 0.614. The summed E-state index contributed by atoms with van der Waals surface area (Å²) in [6.45, 7) is 0.446. The molecule has 2 heterocycles. The van der Waals surface area contributed by atoms with Gasteiger partial charge in [0.15, 0.2) is 5.82 Å². The van der Waals surface area contributed by atoms with E-state index in [0.717, 1.165) is 19.3 Å². The lowest BCUT2D eigenvalue weighted by atomic mass is 9.94. The maximum atomic E-state index is 13.1. The second-order valence-corrected chi connectivity index (χ2v) is 8.08. The Morgan fingerprint density at radius 1 is 1.03 bits per heavy atom. The molecule has 1 aliphatic heterocycles. The van der Waals surface area contributed by atoms with Gasteiger partial charge in [-0.05, 0) is 49.8 Å². The van der Waals surface area contributed by atoms with E-state index in [2.05, 4.69) is 10.1 Å². The van der Waals surface area contributed by atoms with Crippen LogP contribution in [-0.2, 0) is 18.8 Å². The molecule has 1 aromatic carbocycles. The number of piperidine rings is 1. The molecule has 2 aromatic rings. The number of hydrogen-bond donors (Lipinski definition) is 0. The van der Waals surface area contributed by atoms with Gasteiger partial charge in [0.2, 0.25) is 5.89 Å². The standard InChI is InChI=1S/C20H19F6N3O2/c21-19(22,23)14-7-13(8-15(9-14)20(24,25)26)18(30)29-5-1-2-11(10-29)6-16-27-17(28-31-16)12-3-4-12/h7-9,11-12H,1-6,10H2. The van der Waals surface area contributed by atoms with Crippen molar-refractivity contribution in [3.8, 4) is 0 Å². The summed E-state index contributed by atoms with van der Waals surface area (Å²) in [7, 11) is 0. The Bertz CT molecular complexity index is 932. The van der Waals surface area contributed by atoms with Gasteiger partial charge in [0.05, 0.1) is 11.1 Å². The molecule has 1 aromatic heterocycles. The van der Waals surface area contributed by atoms with E-state index in [4.69, 9.17) is 4.52 Å². The minimum Gasteiger partial charge on any atom is -0.339 e. The number of amides is 1. The first-order chi connectivity index (χ1) is 14.5. The average Bonchev–Trinajstić information content (AvgIpc) is 3.45. The van der Waals surface area contributed by atoms with Gasteiger partial charge in [-0.25, -0.2) is 0 Å². The number of rotatable bonds is 4. The van der Waals surface area contributed by atoms with Gasteiger partial charge in [-0.3, -0.25) is 4.79 Å². The van der Waals surface area contributed by atoms with Crippen molar-refractivity contribution in [2.24, 2.45) is 5.92 Å². The van der Waals surface area contributed by atoms with E-state index in [1.54, 1.807) is 0 Å². The van der Waals surface area contributed by atoms with Gasteiger partial charge in [0.1, 0.15) is 0 Å². The molecule has 1 saturated heterocycles. The number of halogens is 6. The Labute approximate surface area is 173 Å². The van der Waals surface area contributed by atoms with Gasteiger partial charge >= 0.3 is 12.4 Å². The van der Waals surface area contributed by atoms with Crippen LogP contribution in [0.2, 0.25) is 0 Å². The normalized spacial score (nSPS) is 20.2. The Morgan fingerprint density at radius 3 is 2.26 bits per heavy atom. The molecule has 1 atom stereocenters. The number of benzene rings is 1. The lowest BCUT2D eigenvalue weighted by molar-refractivity contribution is -0.143. The van der Waals surface area contributed by atoms with E-state index in [1.807, 2.05) is 0 Å². The van der Waals surface area contributed by atoms with Crippen LogP contribution in [0.1, 0.15) is 64.8 Å². The Balaban J connectivity index is 1.51. The predicted octanol–water partition coefficient (Wildman–Crippen LogP) is 5.08.